The molecule has 0 atom stereocenters. The molecule has 1 rings (SSSR count). The van der Waals surface area contributed by atoms with Crippen molar-refractivity contribution in [3.8, 4) is 0 Å². The maximum atomic E-state index is 10.0. The predicted octanol–water partition coefficient (Wildman–Crippen LogP) is -0.821. The lowest BCUT2D eigenvalue weighted by atomic mass is 10.4. The monoisotopic (exact) mass is 157 g/mol. The molecule has 1 aliphatic heterocycles. The van der Waals surface area contributed by atoms with Crippen LogP contribution in [0.4, 0.5) is 0 Å². The van der Waals surface area contributed by atoms with Crippen LogP contribution in [0.15, 0.2) is 5.29 Å². The number of nitrogens with one attached hydrogen (secondary N) is 1. The SMILES string of the molecule is N=C(N)N1CCN(N=O)CC1. The molecule has 0 aliphatic carbocycles. The first-order valence-corrected chi connectivity index (χ1v) is 3.41. The Morgan fingerprint density at radius 1 is 1.36 bits per heavy atom. The molecule has 6 heteroatoms. The van der Waals surface area contributed by atoms with Crippen LogP contribution in [-0.2, 0) is 0 Å². The van der Waals surface area contributed by atoms with Gasteiger partial charge in [-0.3, -0.25) is 10.4 Å². The molecule has 0 saturated carbocycles. The molecule has 0 aromatic rings. The van der Waals surface area contributed by atoms with Crippen molar-refractivity contribution < 1.29 is 0 Å². The van der Waals surface area contributed by atoms with Crippen molar-refractivity contribution >= 4 is 5.96 Å². The lowest BCUT2D eigenvalue weighted by Crippen LogP contribution is -2.48. The fourth-order valence-corrected chi connectivity index (χ4v) is 1.02. The van der Waals surface area contributed by atoms with E-state index in [1.165, 1.54) is 5.01 Å². The standard InChI is InChI=1S/C5H11N5O/c6-5(7)9-1-3-10(8-11)4-2-9/h1-4H2,(H3,6,7). The Kier molecular flexibility index (Phi) is 2.25. The largest absolute Gasteiger partial charge is 0.370 e. The third kappa shape index (κ3) is 1.79. The molecular formula is C5H11N5O. The van der Waals surface area contributed by atoms with Crippen LogP contribution in [0, 0.1) is 10.3 Å². The summed E-state index contributed by atoms with van der Waals surface area (Å²) in [5, 5.41) is 11.3. The van der Waals surface area contributed by atoms with Gasteiger partial charge in [0.05, 0.1) is 18.4 Å². The van der Waals surface area contributed by atoms with Gasteiger partial charge in [0.1, 0.15) is 0 Å². The highest BCUT2D eigenvalue weighted by Crippen LogP contribution is 1.99. The third-order valence-electron chi connectivity index (χ3n) is 1.71. The molecule has 0 unspecified atom stereocenters. The Morgan fingerprint density at radius 3 is 2.27 bits per heavy atom. The van der Waals surface area contributed by atoms with Gasteiger partial charge < -0.3 is 10.6 Å². The van der Waals surface area contributed by atoms with Gasteiger partial charge in [-0.25, -0.2) is 0 Å². The summed E-state index contributed by atoms with van der Waals surface area (Å²) in [6, 6.07) is 0. The molecule has 0 aromatic heterocycles. The van der Waals surface area contributed by atoms with Gasteiger partial charge in [0.2, 0.25) is 0 Å². The fraction of sp³-hybridized carbons (Fsp3) is 0.800. The number of nitroso groups, excluding NO2 is 1. The van der Waals surface area contributed by atoms with Crippen molar-refractivity contribution in [3.05, 3.63) is 4.91 Å². The maximum absolute atomic E-state index is 10.0. The van der Waals surface area contributed by atoms with E-state index < -0.39 is 0 Å². The first-order valence-electron chi connectivity index (χ1n) is 3.41. The number of hydrogen-bond donors (Lipinski definition) is 2. The van der Waals surface area contributed by atoms with Crippen molar-refractivity contribution in [2.24, 2.45) is 11.0 Å². The van der Waals surface area contributed by atoms with Gasteiger partial charge in [0.25, 0.3) is 0 Å². The second-order valence-electron chi connectivity index (χ2n) is 2.41. The molecular weight excluding hydrogens is 146 g/mol. The lowest BCUT2D eigenvalue weighted by Gasteiger charge is -2.31. The second kappa shape index (κ2) is 3.18. The Labute approximate surface area is 64.4 Å². The average Bonchev–Trinajstić information content (AvgIpc) is 2.05. The van der Waals surface area contributed by atoms with E-state index in [0.717, 1.165) is 0 Å². The summed E-state index contributed by atoms with van der Waals surface area (Å²) in [6.07, 6.45) is 0. The van der Waals surface area contributed by atoms with E-state index in [-0.39, 0.29) is 5.96 Å². The molecule has 62 valence electrons. The zero-order valence-corrected chi connectivity index (χ0v) is 6.16. The first-order chi connectivity index (χ1) is 5.24. The van der Waals surface area contributed by atoms with Crippen molar-refractivity contribution in [1.29, 1.82) is 5.41 Å². The minimum absolute atomic E-state index is 0.0653. The molecule has 0 radical (unpaired) electrons. The smallest absolute Gasteiger partial charge is 0.188 e. The van der Waals surface area contributed by atoms with Crippen molar-refractivity contribution in [2.75, 3.05) is 26.2 Å². The maximum Gasteiger partial charge on any atom is 0.188 e. The molecule has 1 aliphatic rings. The molecule has 1 fully saturated rings. The van der Waals surface area contributed by atoms with E-state index in [4.69, 9.17) is 11.1 Å². The van der Waals surface area contributed by atoms with Gasteiger partial charge in [-0.2, -0.15) is 0 Å². The molecule has 0 bridgehead atoms. The third-order valence-corrected chi connectivity index (χ3v) is 1.71. The van der Waals surface area contributed by atoms with Gasteiger partial charge >= 0.3 is 0 Å². The summed E-state index contributed by atoms with van der Waals surface area (Å²) in [5.74, 6) is 0.0653. The molecule has 11 heavy (non-hydrogen) atoms. The summed E-state index contributed by atoms with van der Waals surface area (Å²) in [5.41, 5.74) is 5.24. The second-order valence-corrected chi connectivity index (χ2v) is 2.41. The average molecular weight is 157 g/mol. The molecule has 6 nitrogen and oxygen atoms in total. The van der Waals surface area contributed by atoms with Crippen LogP contribution >= 0.6 is 0 Å². The molecule has 1 heterocycles. The number of hydrogen-bond acceptors (Lipinski definition) is 3. The van der Waals surface area contributed by atoms with Gasteiger partial charge in [0, 0.05) is 13.1 Å². The molecule has 0 amide bonds. The Hall–Kier alpha value is -1.33. The lowest BCUT2D eigenvalue weighted by molar-refractivity contribution is 0.184. The zero-order valence-electron chi connectivity index (χ0n) is 6.16. The topological polar surface area (TPSA) is 85.8 Å². The van der Waals surface area contributed by atoms with Gasteiger partial charge in [0.15, 0.2) is 5.96 Å². The minimum Gasteiger partial charge on any atom is -0.370 e. The van der Waals surface area contributed by atoms with E-state index in [1.807, 2.05) is 0 Å². The van der Waals surface area contributed by atoms with Crippen LogP contribution in [-0.4, -0.2) is 42.0 Å². The number of nitrogens with zero attached hydrogens (tertiary/aromatic N) is 3. The molecule has 3 N–H and O–H groups in total. The summed E-state index contributed by atoms with van der Waals surface area (Å²) >= 11 is 0. The fourth-order valence-electron chi connectivity index (χ4n) is 1.02. The Balaban J connectivity index is 2.35. The molecule has 0 aromatic carbocycles. The van der Waals surface area contributed by atoms with E-state index >= 15 is 0 Å². The van der Waals surface area contributed by atoms with Crippen LogP contribution in [0.2, 0.25) is 0 Å². The van der Waals surface area contributed by atoms with E-state index in [1.54, 1.807) is 4.90 Å². The van der Waals surface area contributed by atoms with Gasteiger partial charge in [-0.05, 0) is 0 Å². The first kappa shape index (κ1) is 7.77. The quantitative estimate of drug-likeness (QED) is 0.296. The number of nitrogens with two attached hydrogens (primary N) is 1. The van der Waals surface area contributed by atoms with Gasteiger partial charge in [-0.1, -0.05) is 0 Å². The number of rotatable bonds is 1. The summed E-state index contributed by atoms with van der Waals surface area (Å²) in [6.45, 7) is 2.34. The van der Waals surface area contributed by atoms with Crippen LogP contribution in [0.25, 0.3) is 0 Å². The predicted molar refractivity (Wildman–Crippen MR) is 40.9 cm³/mol. The highest BCUT2D eigenvalue weighted by atomic mass is 16.3. The van der Waals surface area contributed by atoms with Gasteiger partial charge in [-0.15, -0.1) is 4.91 Å². The summed E-state index contributed by atoms with van der Waals surface area (Å²) < 4.78 is 0. The van der Waals surface area contributed by atoms with E-state index in [0.29, 0.717) is 26.2 Å². The van der Waals surface area contributed by atoms with Crippen molar-refractivity contribution in [3.63, 3.8) is 0 Å². The highest BCUT2D eigenvalue weighted by Gasteiger charge is 2.16. The number of guanidine groups is 1. The van der Waals surface area contributed by atoms with E-state index in [2.05, 4.69) is 5.29 Å². The Bertz CT molecular complexity index is 162. The zero-order chi connectivity index (χ0) is 8.27. The normalized spacial score (nSPS) is 18.2. The van der Waals surface area contributed by atoms with Crippen LogP contribution in [0.5, 0.6) is 0 Å². The minimum atomic E-state index is 0.0653. The van der Waals surface area contributed by atoms with Crippen molar-refractivity contribution in [2.45, 2.75) is 0 Å². The summed E-state index contributed by atoms with van der Waals surface area (Å²) in [4.78, 5) is 11.7. The Morgan fingerprint density at radius 2 is 1.91 bits per heavy atom. The number of piperazine rings is 1. The van der Waals surface area contributed by atoms with Crippen LogP contribution < -0.4 is 5.73 Å². The van der Waals surface area contributed by atoms with E-state index in [9.17, 15) is 4.91 Å². The van der Waals surface area contributed by atoms with Crippen molar-refractivity contribution in [1.82, 2.24) is 9.91 Å². The molecule has 0 spiro atoms. The highest BCUT2D eigenvalue weighted by molar-refractivity contribution is 5.74. The van der Waals surface area contributed by atoms with Crippen LogP contribution in [0.3, 0.4) is 0 Å². The summed E-state index contributed by atoms with van der Waals surface area (Å²) in [7, 11) is 0. The molecule has 1 saturated heterocycles. The van der Waals surface area contributed by atoms with Crippen LogP contribution in [0.1, 0.15) is 0 Å².